The molecule has 5 rings (SSSR count). The molecule has 3 heterocycles. The van der Waals surface area contributed by atoms with Crippen molar-refractivity contribution in [2.75, 3.05) is 13.3 Å². The lowest BCUT2D eigenvalue weighted by atomic mass is 9.92. The van der Waals surface area contributed by atoms with Gasteiger partial charge in [0.05, 0.1) is 11.6 Å². The lowest BCUT2D eigenvalue weighted by Gasteiger charge is -2.35. The second-order valence-corrected chi connectivity index (χ2v) is 8.37. The Balaban J connectivity index is 1.59. The topological polar surface area (TPSA) is 89.7 Å². The van der Waals surface area contributed by atoms with Crippen LogP contribution in [0.25, 0.3) is 17.0 Å². The predicted molar refractivity (Wildman–Crippen MR) is 123 cm³/mol. The van der Waals surface area contributed by atoms with Crippen LogP contribution in [0.4, 0.5) is 4.79 Å². The van der Waals surface area contributed by atoms with Crippen LogP contribution in [-0.4, -0.2) is 34.4 Å². The average Bonchev–Trinajstić information content (AvgIpc) is 3.47. The van der Waals surface area contributed by atoms with Gasteiger partial charge in [-0.2, -0.15) is 4.98 Å². The minimum atomic E-state index is -0.394. The van der Waals surface area contributed by atoms with Gasteiger partial charge in [-0.05, 0) is 62.1 Å². The summed E-state index contributed by atoms with van der Waals surface area (Å²) in [6.07, 6.45) is 0.832. The average molecular weight is 447 g/mol. The molecule has 0 radical (unpaired) electrons. The number of carbonyl (C=O) groups is 1. The first kappa shape index (κ1) is 21.1. The maximum atomic E-state index is 12.9. The van der Waals surface area contributed by atoms with Gasteiger partial charge in [0.2, 0.25) is 12.6 Å². The first-order chi connectivity index (χ1) is 16.0. The Kier molecular flexibility index (Phi) is 5.28. The summed E-state index contributed by atoms with van der Waals surface area (Å²) in [5.74, 6) is 2.17. The number of benzene rings is 2. The Morgan fingerprint density at radius 3 is 2.67 bits per heavy atom. The number of hydrogen-bond donors (Lipinski definition) is 1. The van der Waals surface area contributed by atoms with E-state index in [1.807, 2.05) is 38.1 Å². The number of aryl methyl sites for hydroxylation is 2. The molecule has 2 aromatic carbocycles. The highest BCUT2D eigenvalue weighted by molar-refractivity contribution is 5.87. The van der Waals surface area contributed by atoms with Gasteiger partial charge in [-0.25, -0.2) is 4.79 Å². The fourth-order valence-electron chi connectivity index (χ4n) is 4.23. The van der Waals surface area contributed by atoms with Crippen molar-refractivity contribution < 1.29 is 18.8 Å². The van der Waals surface area contributed by atoms with Crippen LogP contribution in [0, 0.1) is 13.8 Å². The van der Waals surface area contributed by atoms with E-state index in [-0.39, 0.29) is 12.8 Å². The molecule has 1 aromatic heterocycles. The molecule has 33 heavy (non-hydrogen) atoms. The van der Waals surface area contributed by atoms with Crippen LogP contribution in [-0.2, 0) is 0 Å². The van der Waals surface area contributed by atoms with Crippen LogP contribution in [0.5, 0.6) is 11.5 Å². The normalized spacial score (nSPS) is 17.5. The maximum absolute atomic E-state index is 12.9. The second kappa shape index (κ2) is 8.27. The van der Waals surface area contributed by atoms with Crippen molar-refractivity contribution >= 4 is 11.6 Å². The summed E-state index contributed by atoms with van der Waals surface area (Å²) < 4.78 is 16.6. The lowest BCUT2D eigenvalue weighted by molar-refractivity contribution is 0.174. The number of aromatic nitrogens is 2. The Hall–Kier alpha value is -3.81. The standard InChI is InChI=1S/C25H26N4O4/c1-5-10-29-16(4)21(22(26-25(29)30)17-7-6-14(2)15(3)11-17)24-27-23(28-33-24)18-8-9-19-20(12-18)32-13-31-19/h6-9,11-12,22H,5,10,13H2,1-4H3,(H,26,30). The van der Waals surface area contributed by atoms with Crippen molar-refractivity contribution in [3.05, 3.63) is 64.7 Å². The molecule has 0 saturated heterocycles. The van der Waals surface area contributed by atoms with Crippen LogP contribution in [0.2, 0.25) is 0 Å². The van der Waals surface area contributed by atoms with Gasteiger partial charge in [-0.3, -0.25) is 4.90 Å². The van der Waals surface area contributed by atoms with Gasteiger partial charge in [-0.15, -0.1) is 0 Å². The molecule has 0 bridgehead atoms. The number of carbonyl (C=O) groups excluding carboxylic acids is 1. The molecule has 0 fully saturated rings. The van der Waals surface area contributed by atoms with E-state index < -0.39 is 6.04 Å². The smallest absolute Gasteiger partial charge is 0.322 e. The number of fused-ring (bicyclic) bond motifs is 1. The molecule has 1 unspecified atom stereocenters. The lowest BCUT2D eigenvalue weighted by Crippen LogP contribution is -2.46. The summed E-state index contributed by atoms with van der Waals surface area (Å²) in [6.45, 7) is 8.91. The Bertz CT molecular complexity index is 1260. The van der Waals surface area contributed by atoms with Crippen molar-refractivity contribution in [2.45, 2.75) is 40.2 Å². The number of amides is 2. The number of allylic oxidation sites excluding steroid dienone is 1. The number of ether oxygens (including phenoxy) is 2. The van der Waals surface area contributed by atoms with Crippen LogP contribution >= 0.6 is 0 Å². The minimum absolute atomic E-state index is 0.128. The zero-order valence-electron chi connectivity index (χ0n) is 19.1. The van der Waals surface area contributed by atoms with Crippen molar-refractivity contribution in [3.63, 3.8) is 0 Å². The molecule has 2 aliphatic rings. The van der Waals surface area contributed by atoms with E-state index in [0.717, 1.165) is 34.4 Å². The van der Waals surface area contributed by atoms with Gasteiger partial charge < -0.3 is 19.3 Å². The van der Waals surface area contributed by atoms with E-state index in [1.54, 1.807) is 4.90 Å². The van der Waals surface area contributed by atoms with E-state index in [4.69, 9.17) is 19.0 Å². The zero-order valence-corrected chi connectivity index (χ0v) is 19.1. The number of rotatable bonds is 5. The first-order valence-electron chi connectivity index (χ1n) is 11.1. The van der Waals surface area contributed by atoms with Crippen LogP contribution < -0.4 is 14.8 Å². The monoisotopic (exact) mass is 446 g/mol. The molecular weight excluding hydrogens is 420 g/mol. The van der Waals surface area contributed by atoms with Crippen LogP contribution in [0.1, 0.15) is 48.9 Å². The number of hydrogen-bond acceptors (Lipinski definition) is 6. The molecule has 0 saturated carbocycles. The molecule has 2 aliphatic heterocycles. The summed E-state index contributed by atoms with van der Waals surface area (Å²) in [5.41, 5.74) is 5.69. The third-order valence-corrected chi connectivity index (χ3v) is 6.20. The molecule has 2 amide bonds. The Morgan fingerprint density at radius 1 is 1.06 bits per heavy atom. The third kappa shape index (κ3) is 3.71. The Labute approximate surface area is 192 Å². The molecule has 1 N–H and O–H groups in total. The van der Waals surface area contributed by atoms with E-state index >= 15 is 0 Å². The molecule has 1 atom stereocenters. The highest BCUT2D eigenvalue weighted by Crippen LogP contribution is 2.39. The molecular formula is C25H26N4O4. The summed E-state index contributed by atoms with van der Waals surface area (Å²) in [7, 11) is 0. The van der Waals surface area contributed by atoms with Crippen molar-refractivity contribution in [3.8, 4) is 22.9 Å². The maximum Gasteiger partial charge on any atom is 0.322 e. The Morgan fingerprint density at radius 2 is 1.88 bits per heavy atom. The third-order valence-electron chi connectivity index (χ3n) is 6.20. The first-order valence-corrected chi connectivity index (χ1v) is 11.1. The number of urea groups is 1. The van der Waals surface area contributed by atoms with Crippen molar-refractivity contribution in [1.82, 2.24) is 20.4 Å². The zero-order chi connectivity index (χ0) is 23.1. The predicted octanol–water partition coefficient (Wildman–Crippen LogP) is 4.99. The van der Waals surface area contributed by atoms with Crippen LogP contribution in [0.15, 0.2) is 46.6 Å². The van der Waals surface area contributed by atoms with E-state index in [9.17, 15) is 4.79 Å². The highest BCUT2D eigenvalue weighted by atomic mass is 16.7. The fraction of sp³-hybridized carbons (Fsp3) is 0.320. The van der Waals surface area contributed by atoms with E-state index in [0.29, 0.717) is 29.8 Å². The largest absolute Gasteiger partial charge is 0.454 e. The summed E-state index contributed by atoms with van der Waals surface area (Å²) in [4.78, 5) is 19.4. The van der Waals surface area contributed by atoms with Gasteiger partial charge in [0, 0.05) is 17.8 Å². The van der Waals surface area contributed by atoms with Crippen LogP contribution in [0.3, 0.4) is 0 Å². The summed E-state index contributed by atoms with van der Waals surface area (Å²) >= 11 is 0. The number of nitrogens with zero attached hydrogens (tertiary/aromatic N) is 3. The summed E-state index contributed by atoms with van der Waals surface area (Å²) in [6, 6.07) is 11.2. The molecule has 0 spiro atoms. The van der Waals surface area contributed by atoms with Crippen molar-refractivity contribution in [1.29, 1.82) is 0 Å². The highest BCUT2D eigenvalue weighted by Gasteiger charge is 2.35. The quantitative estimate of drug-likeness (QED) is 0.594. The van der Waals surface area contributed by atoms with E-state index in [1.165, 1.54) is 5.56 Å². The van der Waals surface area contributed by atoms with Gasteiger partial charge in [0.15, 0.2) is 11.5 Å². The van der Waals surface area contributed by atoms with Gasteiger partial charge in [0.1, 0.15) is 0 Å². The minimum Gasteiger partial charge on any atom is -0.454 e. The van der Waals surface area contributed by atoms with Gasteiger partial charge in [0.25, 0.3) is 5.89 Å². The van der Waals surface area contributed by atoms with Gasteiger partial charge >= 0.3 is 6.03 Å². The van der Waals surface area contributed by atoms with E-state index in [2.05, 4.69) is 36.5 Å². The molecule has 0 aliphatic carbocycles. The molecule has 170 valence electrons. The SMILES string of the molecule is CCCN1C(=O)NC(c2ccc(C)c(C)c2)C(c2nc(-c3ccc4c(c3)OCO4)no2)=C1C. The number of nitrogens with one attached hydrogen (secondary N) is 1. The molecule has 3 aromatic rings. The summed E-state index contributed by atoms with van der Waals surface area (Å²) in [5, 5.41) is 7.36. The second-order valence-electron chi connectivity index (χ2n) is 8.37. The molecule has 8 nitrogen and oxygen atoms in total. The fourth-order valence-corrected chi connectivity index (χ4v) is 4.23. The molecule has 8 heteroatoms. The van der Waals surface area contributed by atoms with Gasteiger partial charge in [-0.1, -0.05) is 30.3 Å². The van der Waals surface area contributed by atoms with Crippen molar-refractivity contribution in [2.24, 2.45) is 0 Å².